The van der Waals surface area contributed by atoms with Crippen molar-refractivity contribution in [2.24, 2.45) is 4.99 Å². The molecule has 2 rings (SSSR count). The topological polar surface area (TPSA) is 40.5 Å². The average Bonchev–Trinajstić information content (AvgIpc) is 2.55. The molecule has 5 heteroatoms. The van der Waals surface area contributed by atoms with E-state index in [0.717, 1.165) is 18.2 Å². The van der Waals surface area contributed by atoms with Gasteiger partial charge in [0.25, 0.3) is 0 Å². The van der Waals surface area contributed by atoms with Crippen molar-refractivity contribution < 1.29 is 0 Å². The molecule has 0 saturated carbocycles. The molecule has 0 fully saturated rings. The standard InChI is InChI=1S/C20H28N4.HI/c1-16-10-9-13-21-18(16)20(2,3)15-23-19(24(4)5)22-14-17-11-7-6-8-12-17;/h6-13H,14-15H2,1-5H3,(H,22,23);1H. The molecule has 136 valence electrons. The highest BCUT2D eigenvalue weighted by Crippen LogP contribution is 2.23. The molecular formula is C20H29IN4. The molecule has 0 aliphatic rings. The lowest BCUT2D eigenvalue weighted by Gasteiger charge is -2.28. The van der Waals surface area contributed by atoms with E-state index in [2.05, 4.69) is 49.3 Å². The highest BCUT2D eigenvalue weighted by Gasteiger charge is 2.24. The van der Waals surface area contributed by atoms with Crippen molar-refractivity contribution in [1.82, 2.24) is 15.2 Å². The maximum absolute atomic E-state index is 4.72. The second-order valence-electron chi connectivity index (χ2n) is 6.93. The molecule has 0 unspecified atom stereocenters. The molecule has 1 heterocycles. The lowest BCUT2D eigenvalue weighted by Crippen LogP contribution is -2.43. The quantitative estimate of drug-likeness (QED) is 0.424. The molecule has 0 aliphatic heterocycles. The molecule has 0 spiro atoms. The summed E-state index contributed by atoms with van der Waals surface area (Å²) in [5.41, 5.74) is 3.48. The number of rotatable bonds is 5. The average molecular weight is 452 g/mol. The number of aryl methyl sites for hydroxylation is 1. The van der Waals surface area contributed by atoms with E-state index in [1.807, 2.05) is 49.5 Å². The molecule has 2 aromatic rings. The van der Waals surface area contributed by atoms with Crippen LogP contribution >= 0.6 is 24.0 Å². The molecule has 0 saturated heterocycles. The minimum Gasteiger partial charge on any atom is -0.355 e. The summed E-state index contributed by atoms with van der Waals surface area (Å²) in [5, 5.41) is 3.49. The van der Waals surface area contributed by atoms with E-state index < -0.39 is 0 Å². The van der Waals surface area contributed by atoms with E-state index in [-0.39, 0.29) is 29.4 Å². The van der Waals surface area contributed by atoms with E-state index in [1.165, 1.54) is 11.1 Å². The Morgan fingerprint density at radius 1 is 1.12 bits per heavy atom. The third kappa shape index (κ3) is 6.30. The Morgan fingerprint density at radius 2 is 1.80 bits per heavy atom. The van der Waals surface area contributed by atoms with Crippen LogP contribution in [0.2, 0.25) is 0 Å². The van der Waals surface area contributed by atoms with Gasteiger partial charge in [0.15, 0.2) is 5.96 Å². The first-order chi connectivity index (χ1) is 11.4. The summed E-state index contributed by atoms with van der Waals surface area (Å²) >= 11 is 0. The third-order valence-corrected chi connectivity index (χ3v) is 4.02. The maximum atomic E-state index is 4.72. The minimum atomic E-state index is -0.0745. The number of halogens is 1. The van der Waals surface area contributed by atoms with E-state index in [4.69, 9.17) is 4.99 Å². The summed E-state index contributed by atoms with van der Waals surface area (Å²) in [6.07, 6.45) is 1.86. The number of guanidine groups is 1. The van der Waals surface area contributed by atoms with E-state index in [9.17, 15) is 0 Å². The van der Waals surface area contributed by atoms with Crippen LogP contribution in [0.4, 0.5) is 0 Å². The van der Waals surface area contributed by atoms with Gasteiger partial charge < -0.3 is 10.2 Å². The van der Waals surface area contributed by atoms with Crippen LogP contribution in [0.15, 0.2) is 53.7 Å². The van der Waals surface area contributed by atoms with Crippen molar-refractivity contribution >= 4 is 29.9 Å². The number of nitrogens with zero attached hydrogens (tertiary/aromatic N) is 3. The smallest absolute Gasteiger partial charge is 0.193 e. The normalized spacial score (nSPS) is 11.6. The van der Waals surface area contributed by atoms with Crippen LogP contribution in [0.1, 0.15) is 30.7 Å². The zero-order chi connectivity index (χ0) is 17.6. The van der Waals surface area contributed by atoms with Gasteiger partial charge in [-0.1, -0.05) is 50.2 Å². The predicted octanol–water partition coefficient (Wildman–Crippen LogP) is 3.99. The van der Waals surface area contributed by atoms with Gasteiger partial charge in [0.2, 0.25) is 0 Å². The predicted molar refractivity (Wildman–Crippen MR) is 117 cm³/mol. The minimum absolute atomic E-state index is 0. The van der Waals surface area contributed by atoms with Crippen LogP contribution in [0, 0.1) is 6.92 Å². The Hall–Kier alpha value is -1.63. The van der Waals surface area contributed by atoms with Crippen molar-refractivity contribution in [2.75, 3.05) is 20.6 Å². The van der Waals surface area contributed by atoms with Gasteiger partial charge in [0.05, 0.1) is 12.2 Å². The Morgan fingerprint density at radius 3 is 2.40 bits per heavy atom. The maximum Gasteiger partial charge on any atom is 0.193 e. The number of hydrogen-bond donors (Lipinski definition) is 1. The van der Waals surface area contributed by atoms with Gasteiger partial charge >= 0.3 is 0 Å². The first-order valence-electron chi connectivity index (χ1n) is 8.32. The summed E-state index contributed by atoms with van der Waals surface area (Å²) in [4.78, 5) is 11.3. The van der Waals surface area contributed by atoms with Crippen molar-refractivity contribution in [1.29, 1.82) is 0 Å². The monoisotopic (exact) mass is 452 g/mol. The number of nitrogens with one attached hydrogen (secondary N) is 1. The number of aliphatic imine (C=N–C) groups is 1. The zero-order valence-electron chi connectivity index (χ0n) is 15.8. The first kappa shape index (κ1) is 21.4. The number of aromatic nitrogens is 1. The van der Waals surface area contributed by atoms with Crippen molar-refractivity contribution in [3.05, 3.63) is 65.5 Å². The van der Waals surface area contributed by atoms with E-state index >= 15 is 0 Å². The molecule has 0 radical (unpaired) electrons. The second-order valence-corrected chi connectivity index (χ2v) is 6.93. The molecule has 0 amide bonds. The lowest BCUT2D eigenvalue weighted by molar-refractivity contribution is 0.473. The summed E-state index contributed by atoms with van der Waals surface area (Å²) in [6.45, 7) is 7.97. The first-order valence-corrected chi connectivity index (χ1v) is 8.32. The van der Waals surface area contributed by atoms with Gasteiger partial charge in [-0.3, -0.25) is 4.98 Å². The molecule has 4 nitrogen and oxygen atoms in total. The summed E-state index contributed by atoms with van der Waals surface area (Å²) in [7, 11) is 4.02. The van der Waals surface area contributed by atoms with Gasteiger partial charge in [-0.05, 0) is 24.1 Å². The lowest BCUT2D eigenvalue weighted by atomic mass is 9.86. The number of benzene rings is 1. The molecule has 0 bridgehead atoms. The summed E-state index contributed by atoms with van der Waals surface area (Å²) < 4.78 is 0. The van der Waals surface area contributed by atoms with Gasteiger partial charge in [-0.25, -0.2) is 4.99 Å². The summed E-state index contributed by atoms with van der Waals surface area (Å²) in [6, 6.07) is 14.4. The summed E-state index contributed by atoms with van der Waals surface area (Å²) in [5.74, 6) is 0.889. The van der Waals surface area contributed by atoms with Gasteiger partial charge in [-0.15, -0.1) is 24.0 Å². The van der Waals surface area contributed by atoms with Crippen LogP contribution in [0.3, 0.4) is 0 Å². The van der Waals surface area contributed by atoms with Crippen molar-refractivity contribution in [3.8, 4) is 0 Å². The van der Waals surface area contributed by atoms with E-state index in [1.54, 1.807) is 0 Å². The van der Waals surface area contributed by atoms with Crippen LogP contribution in [0.25, 0.3) is 0 Å². The molecule has 25 heavy (non-hydrogen) atoms. The fourth-order valence-electron chi connectivity index (χ4n) is 2.68. The van der Waals surface area contributed by atoms with Gasteiger partial charge in [0.1, 0.15) is 0 Å². The Kier molecular flexibility index (Phi) is 8.35. The Bertz CT molecular complexity index is 681. The van der Waals surface area contributed by atoms with Crippen LogP contribution < -0.4 is 5.32 Å². The SMILES string of the molecule is Cc1cccnc1C(C)(C)CNC(=NCc1ccccc1)N(C)C.I. The molecular weight excluding hydrogens is 423 g/mol. The zero-order valence-corrected chi connectivity index (χ0v) is 18.1. The van der Waals surface area contributed by atoms with Crippen LogP contribution in [0.5, 0.6) is 0 Å². The Labute approximate surface area is 168 Å². The van der Waals surface area contributed by atoms with Gasteiger partial charge in [-0.2, -0.15) is 0 Å². The van der Waals surface area contributed by atoms with Crippen molar-refractivity contribution in [3.63, 3.8) is 0 Å². The van der Waals surface area contributed by atoms with Crippen molar-refractivity contribution in [2.45, 2.75) is 32.7 Å². The molecule has 0 aliphatic carbocycles. The number of hydrogen-bond acceptors (Lipinski definition) is 2. The van der Waals surface area contributed by atoms with Gasteiger partial charge in [0, 0.05) is 32.3 Å². The largest absolute Gasteiger partial charge is 0.355 e. The van der Waals surface area contributed by atoms with Crippen LogP contribution in [-0.2, 0) is 12.0 Å². The fourth-order valence-corrected chi connectivity index (χ4v) is 2.68. The molecule has 0 atom stereocenters. The molecule has 1 aromatic carbocycles. The highest BCUT2D eigenvalue weighted by molar-refractivity contribution is 14.0. The molecule has 1 aromatic heterocycles. The fraction of sp³-hybridized carbons (Fsp3) is 0.400. The molecule has 1 N–H and O–H groups in total. The van der Waals surface area contributed by atoms with E-state index in [0.29, 0.717) is 6.54 Å². The third-order valence-electron chi connectivity index (χ3n) is 4.02. The Balaban J connectivity index is 0.00000312. The number of pyridine rings is 1. The highest BCUT2D eigenvalue weighted by atomic mass is 127. The van der Waals surface area contributed by atoms with Crippen LogP contribution in [-0.4, -0.2) is 36.5 Å². The second kappa shape index (κ2) is 9.75.